The van der Waals surface area contributed by atoms with E-state index in [4.69, 9.17) is 10.5 Å². The average molecular weight is 170 g/mol. The van der Waals surface area contributed by atoms with E-state index in [0.717, 1.165) is 0 Å². The Labute approximate surface area is 71.5 Å². The lowest BCUT2D eigenvalue weighted by molar-refractivity contribution is 0.0613. The molecule has 0 saturated heterocycles. The number of aryl methyl sites for hydroxylation is 1. The van der Waals surface area contributed by atoms with Crippen molar-refractivity contribution in [1.82, 2.24) is 14.8 Å². The van der Waals surface area contributed by atoms with Gasteiger partial charge in [-0.1, -0.05) is 0 Å². The van der Waals surface area contributed by atoms with Crippen molar-refractivity contribution in [2.24, 2.45) is 7.05 Å². The van der Waals surface area contributed by atoms with Crippen LogP contribution in [0.1, 0.15) is 19.7 Å². The van der Waals surface area contributed by atoms with Crippen LogP contribution in [0.4, 0.5) is 5.95 Å². The summed E-state index contributed by atoms with van der Waals surface area (Å²) in [5, 5.41) is 4.04. The molecule has 0 bridgehead atoms. The van der Waals surface area contributed by atoms with Crippen LogP contribution in [0.25, 0.3) is 0 Å². The van der Waals surface area contributed by atoms with Crippen LogP contribution in [-0.2, 0) is 18.4 Å². The second-order valence-electron chi connectivity index (χ2n) is 2.87. The fourth-order valence-corrected chi connectivity index (χ4v) is 0.754. The number of hydrogen-bond acceptors (Lipinski definition) is 4. The number of ether oxygens (including phenoxy) is 1. The molecule has 2 N–H and O–H groups in total. The molecule has 1 heterocycles. The van der Waals surface area contributed by atoms with E-state index in [0.29, 0.717) is 18.4 Å². The Kier molecular flexibility index (Phi) is 2.65. The Morgan fingerprint density at radius 2 is 2.25 bits per heavy atom. The van der Waals surface area contributed by atoms with Gasteiger partial charge in [0.15, 0.2) is 5.82 Å². The molecule has 5 nitrogen and oxygen atoms in total. The molecule has 1 rings (SSSR count). The Morgan fingerprint density at radius 1 is 1.58 bits per heavy atom. The fourth-order valence-electron chi connectivity index (χ4n) is 0.754. The lowest BCUT2D eigenvalue weighted by Gasteiger charge is -2.02. The molecule has 0 aliphatic carbocycles. The third kappa shape index (κ3) is 2.20. The molecule has 0 radical (unpaired) electrons. The van der Waals surface area contributed by atoms with Gasteiger partial charge in [-0.15, -0.1) is 0 Å². The smallest absolute Gasteiger partial charge is 0.218 e. The van der Waals surface area contributed by atoms with Gasteiger partial charge in [0, 0.05) is 7.05 Å². The summed E-state index contributed by atoms with van der Waals surface area (Å²) in [5.74, 6) is 1.04. The largest absolute Gasteiger partial charge is 0.371 e. The Bertz CT molecular complexity index is 236. The topological polar surface area (TPSA) is 66.0 Å². The summed E-state index contributed by atoms with van der Waals surface area (Å²) < 4.78 is 6.83. The zero-order valence-electron chi connectivity index (χ0n) is 7.61. The molecular weight excluding hydrogens is 156 g/mol. The molecule has 0 spiro atoms. The van der Waals surface area contributed by atoms with Crippen molar-refractivity contribution in [2.45, 2.75) is 26.6 Å². The monoisotopic (exact) mass is 170 g/mol. The molecule has 0 fully saturated rings. The maximum atomic E-state index is 5.48. The molecular formula is C7H14N4O. The molecule has 0 aliphatic heterocycles. The van der Waals surface area contributed by atoms with Crippen molar-refractivity contribution < 1.29 is 4.74 Å². The van der Waals surface area contributed by atoms with E-state index in [-0.39, 0.29) is 6.10 Å². The number of hydrogen-bond donors (Lipinski definition) is 1. The highest BCUT2D eigenvalue weighted by molar-refractivity contribution is 5.14. The van der Waals surface area contributed by atoms with Crippen molar-refractivity contribution in [3.63, 3.8) is 0 Å². The Balaban J connectivity index is 2.53. The molecule has 5 heteroatoms. The van der Waals surface area contributed by atoms with E-state index >= 15 is 0 Å². The first-order valence-electron chi connectivity index (χ1n) is 3.86. The van der Waals surface area contributed by atoms with Crippen molar-refractivity contribution in [1.29, 1.82) is 0 Å². The van der Waals surface area contributed by atoms with Gasteiger partial charge < -0.3 is 10.5 Å². The normalized spacial score (nSPS) is 11.0. The molecule has 0 unspecified atom stereocenters. The summed E-state index contributed by atoms with van der Waals surface area (Å²) in [7, 11) is 1.75. The van der Waals surface area contributed by atoms with Gasteiger partial charge in [0.05, 0.1) is 6.10 Å². The highest BCUT2D eigenvalue weighted by Gasteiger charge is 2.03. The first kappa shape index (κ1) is 8.99. The molecule has 68 valence electrons. The lowest BCUT2D eigenvalue weighted by atomic mass is 10.5. The molecule has 1 aromatic rings. The summed E-state index contributed by atoms with van der Waals surface area (Å²) in [5.41, 5.74) is 5.48. The standard InChI is InChI=1S/C7H14N4O/c1-5(2)12-4-6-9-7(8)11(3)10-6/h5H,4H2,1-3H3,(H2,8,9,10). The maximum absolute atomic E-state index is 5.48. The van der Waals surface area contributed by atoms with E-state index in [1.807, 2.05) is 13.8 Å². The lowest BCUT2D eigenvalue weighted by Crippen LogP contribution is -2.03. The van der Waals surface area contributed by atoms with Crippen LogP contribution in [0.3, 0.4) is 0 Å². The zero-order valence-corrected chi connectivity index (χ0v) is 7.61. The van der Waals surface area contributed by atoms with Gasteiger partial charge in [0.2, 0.25) is 5.95 Å². The van der Waals surface area contributed by atoms with Gasteiger partial charge in [-0.25, -0.2) is 4.68 Å². The van der Waals surface area contributed by atoms with Gasteiger partial charge in [-0.05, 0) is 13.8 Å². The van der Waals surface area contributed by atoms with Crippen LogP contribution in [-0.4, -0.2) is 20.9 Å². The second kappa shape index (κ2) is 3.53. The van der Waals surface area contributed by atoms with Crippen molar-refractivity contribution >= 4 is 5.95 Å². The highest BCUT2D eigenvalue weighted by Crippen LogP contribution is 2.00. The van der Waals surface area contributed by atoms with E-state index in [1.54, 1.807) is 7.05 Å². The first-order valence-corrected chi connectivity index (χ1v) is 3.86. The van der Waals surface area contributed by atoms with Gasteiger partial charge in [-0.3, -0.25) is 0 Å². The Hall–Kier alpha value is -1.10. The SMILES string of the molecule is CC(C)OCc1nc(N)n(C)n1. The number of rotatable bonds is 3. The van der Waals surface area contributed by atoms with Gasteiger partial charge in [-0.2, -0.15) is 10.1 Å². The van der Waals surface area contributed by atoms with Crippen molar-refractivity contribution in [3.8, 4) is 0 Å². The molecule has 0 atom stereocenters. The minimum Gasteiger partial charge on any atom is -0.371 e. The maximum Gasteiger partial charge on any atom is 0.218 e. The molecule has 1 aromatic heterocycles. The minimum atomic E-state index is 0.190. The molecule has 0 amide bonds. The quantitative estimate of drug-likeness (QED) is 0.709. The van der Waals surface area contributed by atoms with Crippen molar-refractivity contribution in [2.75, 3.05) is 5.73 Å². The van der Waals surface area contributed by atoms with Gasteiger partial charge in [0.1, 0.15) is 6.61 Å². The predicted octanol–water partition coefficient (Wildman–Crippen LogP) is 0.322. The Morgan fingerprint density at radius 3 is 2.67 bits per heavy atom. The number of nitrogen functional groups attached to an aromatic ring is 1. The van der Waals surface area contributed by atoms with Crippen LogP contribution in [0.15, 0.2) is 0 Å². The molecule has 0 saturated carbocycles. The summed E-state index contributed by atoms with van der Waals surface area (Å²) >= 11 is 0. The van der Waals surface area contributed by atoms with Crippen LogP contribution in [0.5, 0.6) is 0 Å². The van der Waals surface area contributed by atoms with E-state index in [1.165, 1.54) is 4.68 Å². The second-order valence-corrected chi connectivity index (χ2v) is 2.87. The zero-order chi connectivity index (χ0) is 9.14. The third-order valence-electron chi connectivity index (χ3n) is 1.39. The highest BCUT2D eigenvalue weighted by atomic mass is 16.5. The number of nitrogens with zero attached hydrogens (tertiary/aromatic N) is 3. The fraction of sp³-hybridized carbons (Fsp3) is 0.714. The number of nitrogens with two attached hydrogens (primary N) is 1. The van der Waals surface area contributed by atoms with Crippen LogP contribution in [0.2, 0.25) is 0 Å². The van der Waals surface area contributed by atoms with Crippen LogP contribution < -0.4 is 5.73 Å². The van der Waals surface area contributed by atoms with Gasteiger partial charge in [0.25, 0.3) is 0 Å². The molecule has 0 aliphatic rings. The number of aromatic nitrogens is 3. The summed E-state index contributed by atoms with van der Waals surface area (Å²) in [6.45, 7) is 4.35. The van der Waals surface area contributed by atoms with E-state index < -0.39 is 0 Å². The molecule has 12 heavy (non-hydrogen) atoms. The summed E-state index contributed by atoms with van der Waals surface area (Å²) in [6.07, 6.45) is 0.190. The van der Waals surface area contributed by atoms with Crippen molar-refractivity contribution in [3.05, 3.63) is 5.82 Å². The number of anilines is 1. The average Bonchev–Trinajstić information content (AvgIpc) is 2.28. The summed E-state index contributed by atoms with van der Waals surface area (Å²) in [4.78, 5) is 3.99. The van der Waals surface area contributed by atoms with Crippen LogP contribution in [0, 0.1) is 0 Å². The van der Waals surface area contributed by atoms with E-state index in [2.05, 4.69) is 10.1 Å². The van der Waals surface area contributed by atoms with Crippen LogP contribution >= 0.6 is 0 Å². The predicted molar refractivity (Wildman–Crippen MR) is 45.3 cm³/mol. The third-order valence-corrected chi connectivity index (χ3v) is 1.39. The minimum absolute atomic E-state index is 0.190. The molecule has 0 aromatic carbocycles. The van der Waals surface area contributed by atoms with E-state index in [9.17, 15) is 0 Å². The first-order chi connectivity index (χ1) is 5.59. The van der Waals surface area contributed by atoms with Gasteiger partial charge >= 0.3 is 0 Å². The summed E-state index contributed by atoms with van der Waals surface area (Å²) in [6, 6.07) is 0.